The van der Waals surface area contributed by atoms with E-state index in [0.717, 1.165) is 12.0 Å². The van der Waals surface area contributed by atoms with E-state index in [-0.39, 0.29) is 4.90 Å². The number of sulfonamides is 1. The highest BCUT2D eigenvalue weighted by Gasteiger charge is 2.21. The third kappa shape index (κ3) is 3.53. The third-order valence-electron chi connectivity index (χ3n) is 3.84. The van der Waals surface area contributed by atoms with Gasteiger partial charge in [0.15, 0.2) is 0 Å². The second kappa shape index (κ2) is 6.58. The molecule has 22 heavy (non-hydrogen) atoms. The van der Waals surface area contributed by atoms with E-state index in [1.807, 2.05) is 12.1 Å². The molecule has 0 aliphatic heterocycles. The van der Waals surface area contributed by atoms with Gasteiger partial charge in [0.25, 0.3) is 0 Å². The Morgan fingerprint density at radius 3 is 2.36 bits per heavy atom. The number of nitrogens with one attached hydrogen (secondary N) is 1. The first-order valence-corrected chi connectivity index (χ1v) is 8.79. The molecule has 0 amide bonds. The van der Waals surface area contributed by atoms with Crippen LogP contribution in [-0.2, 0) is 17.1 Å². The van der Waals surface area contributed by atoms with Gasteiger partial charge in [0.05, 0.1) is 10.9 Å². The van der Waals surface area contributed by atoms with Crippen LogP contribution in [0.1, 0.15) is 50.5 Å². The monoisotopic (exact) mass is 322 g/mol. The van der Waals surface area contributed by atoms with E-state index in [2.05, 4.69) is 28.8 Å². The van der Waals surface area contributed by atoms with Gasteiger partial charge in [-0.3, -0.25) is 0 Å². The molecule has 0 saturated carbocycles. The molecule has 0 fully saturated rings. The van der Waals surface area contributed by atoms with Crippen molar-refractivity contribution in [3.8, 4) is 0 Å². The molecule has 0 saturated heterocycles. The third-order valence-corrected chi connectivity index (χ3v) is 5.39. The molecule has 0 aliphatic rings. The number of hydrogen-bond donors (Lipinski definition) is 1. The SMILES string of the molecule is CC[C@@H](C)c1ccc(S(=O)(=O)N[C@H](C)c2nncn2C)cc1. The molecule has 7 heteroatoms. The van der Waals surface area contributed by atoms with E-state index < -0.39 is 16.1 Å². The maximum atomic E-state index is 12.4. The largest absolute Gasteiger partial charge is 0.319 e. The Balaban J connectivity index is 2.18. The van der Waals surface area contributed by atoms with Gasteiger partial charge in [0.2, 0.25) is 10.0 Å². The van der Waals surface area contributed by atoms with Crippen molar-refractivity contribution in [2.45, 2.75) is 44.0 Å². The van der Waals surface area contributed by atoms with Crippen LogP contribution in [0, 0.1) is 0 Å². The highest BCUT2D eigenvalue weighted by atomic mass is 32.2. The molecular formula is C15H22N4O2S. The fraction of sp³-hybridized carbons (Fsp3) is 0.467. The number of aryl methyl sites for hydroxylation is 1. The molecule has 6 nitrogen and oxygen atoms in total. The van der Waals surface area contributed by atoms with Crippen LogP contribution < -0.4 is 4.72 Å². The van der Waals surface area contributed by atoms with Crippen molar-refractivity contribution in [2.24, 2.45) is 7.05 Å². The second-order valence-electron chi connectivity index (χ2n) is 5.52. The van der Waals surface area contributed by atoms with Gasteiger partial charge in [-0.1, -0.05) is 26.0 Å². The standard InChI is InChI=1S/C15H22N4O2S/c1-5-11(2)13-6-8-14(9-7-13)22(20,21)18-12(3)15-17-16-10-19(15)4/h6-12,18H,5H2,1-4H3/t11-,12-/m1/s1. The van der Waals surface area contributed by atoms with Crippen LogP contribution in [0.15, 0.2) is 35.5 Å². The van der Waals surface area contributed by atoms with Gasteiger partial charge in [0.1, 0.15) is 12.2 Å². The Labute approximate surface area is 131 Å². The summed E-state index contributed by atoms with van der Waals surface area (Å²) in [6.07, 6.45) is 2.56. The summed E-state index contributed by atoms with van der Waals surface area (Å²) in [4.78, 5) is 0.258. The molecule has 1 aromatic heterocycles. The molecule has 120 valence electrons. The molecule has 0 radical (unpaired) electrons. The van der Waals surface area contributed by atoms with E-state index >= 15 is 0 Å². The van der Waals surface area contributed by atoms with Crippen LogP contribution >= 0.6 is 0 Å². The molecule has 0 aliphatic carbocycles. The van der Waals surface area contributed by atoms with Crippen molar-refractivity contribution in [2.75, 3.05) is 0 Å². The van der Waals surface area contributed by atoms with Gasteiger partial charge in [-0.25, -0.2) is 13.1 Å². The Morgan fingerprint density at radius 2 is 1.86 bits per heavy atom. The first-order valence-electron chi connectivity index (χ1n) is 7.31. The quantitative estimate of drug-likeness (QED) is 0.886. The molecule has 0 bridgehead atoms. The van der Waals surface area contributed by atoms with E-state index in [1.165, 1.54) is 0 Å². The van der Waals surface area contributed by atoms with Crippen molar-refractivity contribution in [1.29, 1.82) is 0 Å². The van der Waals surface area contributed by atoms with E-state index in [0.29, 0.717) is 11.7 Å². The number of hydrogen-bond acceptors (Lipinski definition) is 4. The topological polar surface area (TPSA) is 76.9 Å². The predicted molar refractivity (Wildman–Crippen MR) is 84.9 cm³/mol. The van der Waals surface area contributed by atoms with E-state index in [9.17, 15) is 8.42 Å². The molecule has 1 N–H and O–H groups in total. The molecule has 2 atom stereocenters. The van der Waals surface area contributed by atoms with Crippen molar-refractivity contribution in [3.05, 3.63) is 42.0 Å². The van der Waals surface area contributed by atoms with Crippen molar-refractivity contribution in [3.63, 3.8) is 0 Å². The van der Waals surface area contributed by atoms with Crippen LogP contribution in [-0.4, -0.2) is 23.2 Å². The first kappa shape index (κ1) is 16.6. The lowest BCUT2D eigenvalue weighted by atomic mass is 9.99. The van der Waals surface area contributed by atoms with Gasteiger partial charge in [-0.2, -0.15) is 0 Å². The van der Waals surface area contributed by atoms with Crippen LogP contribution in [0.5, 0.6) is 0 Å². The summed E-state index contributed by atoms with van der Waals surface area (Å²) in [5.41, 5.74) is 1.14. The number of nitrogens with zero attached hydrogens (tertiary/aromatic N) is 3. The fourth-order valence-corrected chi connectivity index (χ4v) is 3.45. The zero-order valence-corrected chi connectivity index (χ0v) is 14.1. The molecule has 0 unspecified atom stereocenters. The van der Waals surface area contributed by atoms with Gasteiger partial charge in [-0.05, 0) is 37.0 Å². The molecule has 2 aromatic rings. The maximum Gasteiger partial charge on any atom is 0.241 e. The van der Waals surface area contributed by atoms with Crippen LogP contribution in [0.25, 0.3) is 0 Å². The minimum absolute atomic E-state index is 0.258. The Morgan fingerprint density at radius 1 is 1.23 bits per heavy atom. The summed E-state index contributed by atoms with van der Waals surface area (Å²) in [5.74, 6) is 0.988. The Kier molecular flexibility index (Phi) is 4.97. The Hall–Kier alpha value is -1.73. The minimum Gasteiger partial charge on any atom is -0.319 e. The average molecular weight is 322 g/mol. The van der Waals surface area contributed by atoms with Crippen molar-refractivity contribution < 1.29 is 8.42 Å². The summed E-state index contributed by atoms with van der Waals surface area (Å²) in [7, 11) is -1.80. The van der Waals surface area contributed by atoms with Crippen LogP contribution in [0.2, 0.25) is 0 Å². The molecule has 0 spiro atoms. The zero-order valence-electron chi connectivity index (χ0n) is 13.3. The zero-order chi connectivity index (χ0) is 16.3. The summed E-state index contributed by atoms with van der Waals surface area (Å²) < 4.78 is 29.2. The molecule has 1 aromatic carbocycles. The summed E-state index contributed by atoms with van der Waals surface area (Å²) in [6.45, 7) is 5.98. The highest BCUT2D eigenvalue weighted by molar-refractivity contribution is 7.89. The number of aromatic nitrogens is 3. The Bertz CT molecular complexity index is 722. The van der Waals surface area contributed by atoms with Crippen molar-refractivity contribution >= 4 is 10.0 Å². The number of benzene rings is 1. The predicted octanol–water partition coefficient (Wildman–Crippen LogP) is 2.37. The van der Waals surface area contributed by atoms with Gasteiger partial charge in [0, 0.05) is 7.05 Å². The van der Waals surface area contributed by atoms with Gasteiger partial charge < -0.3 is 4.57 Å². The smallest absolute Gasteiger partial charge is 0.241 e. The lowest BCUT2D eigenvalue weighted by molar-refractivity contribution is 0.553. The highest BCUT2D eigenvalue weighted by Crippen LogP contribution is 2.21. The molecular weight excluding hydrogens is 300 g/mol. The van der Waals surface area contributed by atoms with Gasteiger partial charge in [-0.15, -0.1) is 10.2 Å². The summed E-state index contributed by atoms with van der Waals surface area (Å²) in [5, 5.41) is 7.69. The van der Waals surface area contributed by atoms with Crippen molar-refractivity contribution in [1.82, 2.24) is 19.5 Å². The lowest BCUT2D eigenvalue weighted by Gasteiger charge is -2.14. The van der Waals surface area contributed by atoms with Gasteiger partial charge >= 0.3 is 0 Å². The maximum absolute atomic E-state index is 12.4. The average Bonchev–Trinajstić information content (AvgIpc) is 2.92. The first-order chi connectivity index (χ1) is 10.3. The summed E-state index contributed by atoms with van der Waals surface area (Å²) >= 11 is 0. The minimum atomic E-state index is -3.58. The van der Waals surface area contributed by atoms with E-state index in [4.69, 9.17) is 0 Å². The molecule has 1 heterocycles. The molecule has 2 rings (SSSR count). The number of rotatable bonds is 6. The van der Waals surface area contributed by atoms with Crippen LogP contribution in [0.4, 0.5) is 0 Å². The fourth-order valence-electron chi connectivity index (χ4n) is 2.25. The van der Waals surface area contributed by atoms with Crippen LogP contribution in [0.3, 0.4) is 0 Å². The summed E-state index contributed by atoms with van der Waals surface area (Å²) in [6, 6.07) is 6.58. The second-order valence-corrected chi connectivity index (χ2v) is 7.24. The van der Waals surface area contributed by atoms with E-state index in [1.54, 1.807) is 37.0 Å². The normalized spacial score (nSPS) is 14.7. The lowest BCUT2D eigenvalue weighted by Crippen LogP contribution is -2.28.